The van der Waals surface area contributed by atoms with E-state index in [9.17, 15) is 0 Å². The van der Waals surface area contributed by atoms with Gasteiger partial charge in [0.1, 0.15) is 10.5 Å². The fourth-order valence-electron chi connectivity index (χ4n) is 1.84. The van der Waals surface area contributed by atoms with E-state index in [-0.39, 0.29) is 0 Å². The van der Waals surface area contributed by atoms with Crippen molar-refractivity contribution in [2.75, 3.05) is 6.61 Å². The van der Waals surface area contributed by atoms with Crippen molar-refractivity contribution in [1.82, 2.24) is 0 Å². The summed E-state index contributed by atoms with van der Waals surface area (Å²) in [5.74, 6) is 0.720. The lowest BCUT2D eigenvalue weighted by Crippen LogP contribution is -2.09. The van der Waals surface area contributed by atoms with Crippen molar-refractivity contribution in [3.05, 3.63) is 23.8 Å². The topological polar surface area (TPSA) is 9.23 Å². The minimum Gasteiger partial charge on any atom is -0.428 e. The molecule has 0 aromatic rings. The van der Waals surface area contributed by atoms with Gasteiger partial charge in [-0.2, -0.15) is 0 Å². The second kappa shape index (κ2) is 9.85. The van der Waals surface area contributed by atoms with Gasteiger partial charge in [0, 0.05) is 6.61 Å². The standard InChI is InChI=1S/C14H28OSi/c1-5-6-7-8-9-14(11-15-16)10-13(4)12(2)3/h5,14H,1,6-11H2,2-4,16H3. The molecule has 0 aromatic carbocycles. The van der Waals surface area contributed by atoms with Gasteiger partial charge in [0.15, 0.2) is 0 Å². The van der Waals surface area contributed by atoms with Gasteiger partial charge < -0.3 is 4.43 Å². The lowest BCUT2D eigenvalue weighted by molar-refractivity contribution is 0.254. The Labute approximate surface area is 105 Å². The van der Waals surface area contributed by atoms with Crippen LogP contribution in [-0.2, 0) is 4.43 Å². The van der Waals surface area contributed by atoms with Crippen LogP contribution in [-0.4, -0.2) is 17.1 Å². The molecule has 0 aliphatic carbocycles. The van der Waals surface area contributed by atoms with Gasteiger partial charge in [-0.1, -0.05) is 23.6 Å². The molecule has 1 nitrogen and oxygen atoms in total. The Bertz CT molecular complexity index is 217. The lowest BCUT2D eigenvalue weighted by atomic mass is 9.93. The minimum atomic E-state index is 0.720. The van der Waals surface area contributed by atoms with Crippen LogP contribution >= 0.6 is 0 Å². The summed E-state index contributed by atoms with van der Waals surface area (Å²) in [6.45, 7) is 11.4. The average molecular weight is 240 g/mol. The van der Waals surface area contributed by atoms with Crippen LogP contribution in [0, 0.1) is 5.92 Å². The summed E-state index contributed by atoms with van der Waals surface area (Å²) in [6.07, 6.45) is 8.24. The first-order chi connectivity index (χ1) is 7.61. The summed E-state index contributed by atoms with van der Waals surface area (Å²) in [6, 6.07) is 0. The van der Waals surface area contributed by atoms with Crippen molar-refractivity contribution in [2.45, 2.75) is 52.9 Å². The maximum atomic E-state index is 5.44. The van der Waals surface area contributed by atoms with E-state index in [0.29, 0.717) is 0 Å². The summed E-state index contributed by atoms with van der Waals surface area (Å²) >= 11 is 0. The molecule has 0 heterocycles. The van der Waals surface area contributed by atoms with E-state index >= 15 is 0 Å². The van der Waals surface area contributed by atoms with Crippen LogP contribution in [0.3, 0.4) is 0 Å². The molecule has 0 amide bonds. The fraction of sp³-hybridized carbons (Fsp3) is 0.714. The molecule has 16 heavy (non-hydrogen) atoms. The van der Waals surface area contributed by atoms with Crippen LogP contribution in [0.4, 0.5) is 0 Å². The number of allylic oxidation sites excluding steroid dienone is 3. The third kappa shape index (κ3) is 7.89. The molecule has 0 rings (SSSR count). The Morgan fingerprint density at radius 3 is 2.50 bits per heavy atom. The monoisotopic (exact) mass is 240 g/mol. The van der Waals surface area contributed by atoms with E-state index in [1.165, 1.54) is 36.8 Å². The summed E-state index contributed by atoms with van der Waals surface area (Å²) in [5.41, 5.74) is 3.00. The third-order valence-corrected chi connectivity index (χ3v) is 3.45. The van der Waals surface area contributed by atoms with Crippen LogP contribution in [0.15, 0.2) is 23.8 Å². The van der Waals surface area contributed by atoms with Gasteiger partial charge in [0.05, 0.1) is 0 Å². The number of hydrogen-bond donors (Lipinski definition) is 0. The van der Waals surface area contributed by atoms with Gasteiger partial charge in [0.2, 0.25) is 0 Å². The molecule has 94 valence electrons. The molecule has 0 bridgehead atoms. The molecule has 1 unspecified atom stereocenters. The minimum absolute atomic E-state index is 0.720. The highest BCUT2D eigenvalue weighted by Gasteiger charge is 2.09. The third-order valence-electron chi connectivity index (χ3n) is 3.12. The molecule has 0 aliphatic heterocycles. The highest BCUT2D eigenvalue weighted by molar-refractivity contribution is 5.97. The fourth-order valence-corrected chi connectivity index (χ4v) is 2.31. The molecule has 0 saturated heterocycles. The van der Waals surface area contributed by atoms with Crippen LogP contribution in [0.5, 0.6) is 0 Å². The van der Waals surface area contributed by atoms with Gasteiger partial charge in [-0.15, -0.1) is 6.58 Å². The first-order valence-corrected chi connectivity index (χ1v) is 7.16. The Hall–Kier alpha value is -0.343. The van der Waals surface area contributed by atoms with Crippen LogP contribution in [0.2, 0.25) is 0 Å². The smallest absolute Gasteiger partial charge is 0.145 e. The van der Waals surface area contributed by atoms with Gasteiger partial charge in [-0.25, -0.2) is 0 Å². The van der Waals surface area contributed by atoms with Gasteiger partial charge in [-0.3, -0.25) is 0 Å². The molecule has 1 atom stereocenters. The molecule has 0 saturated carbocycles. The van der Waals surface area contributed by atoms with Crippen LogP contribution < -0.4 is 0 Å². The van der Waals surface area contributed by atoms with E-state index in [1.54, 1.807) is 0 Å². The van der Waals surface area contributed by atoms with Gasteiger partial charge in [0.25, 0.3) is 0 Å². The number of unbranched alkanes of at least 4 members (excludes halogenated alkanes) is 2. The maximum absolute atomic E-state index is 5.44. The Morgan fingerprint density at radius 1 is 1.31 bits per heavy atom. The van der Waals surface area contributed by atoms with E-state index in [0.717, 1.165) is 29.4 Å². The van der Waals surface area contributed by atoms with Crippen molar-refractivity contribution in [1.29, 1.82) is 0 Å². The molecule has 0 aliphatic rings. The Kier molecular flexibility index (Phi) is 9.64. The van der Waals surface area contributed by atoms with Crippen molar-refractivity contribution in [3.63, 3.8) is 0 Å². The predicted molar refractivity (Wildman–Crippen MR) is 76.7 cm³/mol. The highest BCUT2D eigenvalue weighted by atomic mass is 28.2. The van der Waals surface area contributed by atoms with Crippen LogP contribution in [0.1, 0.15) is 52.9 Å². The van der Waals surface area contributed by atoms with E-state index in [4.69, 9.17) is 4.43 Å². The lowest BCUT2D eigenvalue weighted by Gasteiger charge is -2.17. The zero-order chi connectivity index (χ0) is 12.4. The first kappa shape index (κ1) is 15.7. The number of rotatable bonds is 9. The summed E-state index contributed by atoms with van der Waals surface area (Å²) in [5, 5.41) is 0. The Balaban J connectivity index is 3.97. The zero-order valence-corrected chi connectivity index (χ0v) is 13.5. The molecular formula is C14H28OSi. The molecular weight excluding hydrogens is 212 g/mol. The maximum Gasteiger partial charge on any atom is 0.145 e. The summed E-state index contributed by atoms with van der Waals surface area (Å²) in [7, 11) is 0.862. The second-order valence-corrected chi connectivity index (χ2v) is 5.46. The van der Waals surface area contributed by atoms with E-state index in [1.807, 2.05) is 6.08 Å². The highest BCUT2D eigenvalue weighted by Crippen LogP contribution is 2.20. The van der Waals surface area contributed by atoms with Crippen molar-refractivity contribution in [3.8, 4) is 0 Å². The molecule has 0 aromatic heterocycles. The number of hydrogen-bond acceptors (Lipinski definition) is 1. The largest absolute Gasteiger partial charge is 0.428 e. The molecule has 0 radical (unpaired) electrons. The normalized spacial score (nSPS) is 12.4. The first-order valence-electron chi connectivity index (χ1n) is 6.34. The molecule has 0 fully saturated rings. The summed E-state index contributed by atoms with van der Waals surface area (Å²) in [4.78, 5) is 0. The summed E-state index contributed by atoms with van der Waals surface area (Å²) < 4.78 is 5.44. The molecule has 2 heteroatoms. The molecule has 0 spiro atoms. The second-order valence-electron chi connectivity index (χ2n) is 4.88. The van der Waals surface area contributed by atoms with Crippen LogP contribution in [0.25, 0.3) is 0 Å². The Morgan fingerprint density at radius 2 is 2.00 bits per heavy atom. The van der Waals surface area contributed by atoms with Crippen molar-refractivity contribution in [2.24, 2.45) is 5.92 Å². The quantitative estimate of drug-likeness (QED) is 0.341. The molecule has 0 N–H and O–H groups in total. The van der Waals surface area contributed by atoms with Crippen molar-refractivity contribution < 1.29 is 4.43 Å². The SMILES string of the molecule is C=CCCCCC(CO[SiH3])CC(C)=C(C)C. The van der Waals surface area contributed by atoms with E-state index in [2.05, 4.69) is 27.4 Å². The predicted octanol–water partition coefficient (Wildman–Crippen LogP) is 3.39. The van der Waals surface area contributed by atoms with Gasteiger partial charge in [-0.05, 0) is 52.4 Å². The van der Waals surface area contributed by atoms with Gasteiger partial charge >= 0.3 is 0 Å². The zero-order valence-electron chi connectivity index (χ0n) is 11.5. The van der Waals surface area contributed by atoms with Crippen molar-refractivity contribution >= 4 is 10.5 Å². The van der Waals surface area contributed by atoms with E-state index < -0.39 is 0 Å². The average Bonchev–Trinajstić information content (AvgIpc) is 2.24.